The number of ether oxygens (including phenoxy) is 1. The van der Waals surface area contributed by atoms with Crippen molar-refractivity contribution in [3.63, 3.8) is 0 Å². The minimum atomic E-state index is -3.47. The van der Waals surface area contributed by atoms with Crippen molar-refractivity contribution in [1.82, 2.24) is 14.5 Å². The molecule has 1 aliphatic heterocycles. The fraction of sp³-hybridized carbons (Fsp3) is 0.429. The Kier molecular flexibility index (Phi) is 5.00. The summed E-state index contributed by atoms with van der Waals surface area (Å²) in [5, 5.41) is 7.93. The van der Waals surface area contributed by atoms with E-state index in [2.05, 4.69) is 26.1 Å². The molecule has 1 saturated heterocycles. The standard InChI is InChI=1S/C14H16BrN3O3S2/c1-10-4-6-13(17-16-10)21-11-3-2-8-18(9-11)23(19,20)14-7-5-12(15)22-14/h4-7,11H,2-3,8-9H2,1H3. The van der Waals surface area contributed by atoms with Crippen molar-refractivity contribution < 1.29 is 13.2 Å². The van der Waals surface area contributed by atoms with Crippen LogP contribution in [0.25, 0.3) is 0 Å². The molecule has 1 unspecified atom stereocenters. The Morgan fingerprint density at radius 2 is 2.13 bits per heavy atom. The van der Waals surface area contributed by atoms with Crippen molar-refractivity contribution >= 4 is 37.3 Å². The van der Waals surface area contributed by atoms with Gasteiger partial charge in [-0.3, -0.25) is 0 Å². The van der Waals surface area contributed by atoms with E-state index in [0.717, 1.165) is 22.3 Å². The fourth-order valence-electron chi connectivity index (χ4n) is 2.40. The Hall–Kier alpha value is -1.03. The molecule has 0 spiro atoms. The topological polar surface area (TPSA) is 72.4 Å². The summed E-state index contributed by atoms with van der Waals surface area (Å²) in [6.45, 7) is 2.69. The number of halogens is 1. The van der Waals surface area contributed by atoms with Gasteiger partial charge in [0.2, 0.25) is 5.88 Å². The van der Waals surface area contributed by atoms with E-state index in [9.17, 15) is 8.42 Å². The highest BCUT2D eigenvalue weighted by Crippen LogP contribution is 2.30. The number of rotatable bonds is 4. The third-order valence-corrected chi connectivity index (χ3v) is 7.50. The first-order valence-electron chi connectivity index (χ1n) is 7.17. The highest BCUT2D eigenvalue weighted by Gasteiger charge is 2.32. The summed E-state index contributed by atoms with van der Waals surface area (Å²) in [5.74, 6) is 0.429. The van der Waals surface area contributed by atoms with E-state index >= 15 is 0 Å². The van der Waals surface area contributed by atoms with Crippen LogP contribution in [0.5, 0.6) is 5.88 Å². The molecule has 0 N–H and O–H groups in total. The Bertz CT molecular complexity index is 777. The first kappa shape index (κ1) is 16.8. The summed E-state index contributed by atoms with van der Waals surface area (Å²) in [6, 6.07) is 6.95. The fourth-order valence-corrected chi connectivity index (χ4v) is 6.08. The maximum atomic E-state index is 12.7. The van der Waals surface area contributed by atoms with Crippen LogP contribution in [0.15, 0.2) is 32.3 Å². The van der Waals surface area contributed by atoms with Crippen molar-refractivity contribution in [2.45, 2.75) is 30.1 Å². The number of sulfonamides is 1. The van der Waals surface area contributed by atoms with E-state index in [1.54, 1.807) is 18.2 Å². The zero-order valence-corrected chi connectivity index (χ0v) is 15.7. The molecule has 0 saturated carbocycles. The molecule has 1 atom stereocenters. The minimum Gasteiger partial charge on any atom is -0.472 e. The normalized spacial score (nSPS) is 19.7. The average molecular weight is 418 g/mol. The summed E-state index contributed by atoms with van der Waals surface area (Å²) < 4.78 is 33.8. The van der Waals surface area contributed by atoms with Crippen LogP contribution < -0.4 is 4.74 Å². The van der Waals surface area contributed by atoms with Crippen LogP contribution in [-0.4, -0.2) is 42.1 Å². The van der Waals surface area contributed by atoms with Crippen molar-refractivity contribution in [3.8, 4) is 5.88 Å². The van der Waals surface area contributed by atoms with Gasteiger partial charge in [-0.05, 0) is 53.9 Å². The predicted octanol–water partition coefficient (Wildman–Crippen LogP) is 2.84. The lowest BCUT2D eigenvalue weighted by Crippen LogP contribution is -2.44. The van der Waals surface area contributed by atoms with Crippen molar-refractivity contribution in [3.05, 3.63) is 33.7 Å². The van der Waals surface area contributed by atoms with Crippen LogP contribution in [0.1, 0.15) is 18.5 Å². The Labute approximate surface area is 147 Å². The van der Waals surface area contributed by atoms with Crippen LogP contribution in [0.3, 0.4) is 0 Å². The Balaban J connectivity index is 1.71. The van der Waals surface area contributed by atoms with E-state index in [4.69, 9.17) is 4.74 Å². The number of aryl methyl sites for hydroxylation is 1. The molecule has 1 aliphatic rings. The quantitative estimate of drug-likeness (QED) is 0.764. The molecule has 0 aliphatic carbocycles. The molecular formula is C14H16BrN3O3S2. The van der Waals surface area contributed by atoms with E-state index in [1.165, 1.54) is 15.6 Å². The predicted molar refractivity (Wildman–Crippen MR) is 91.2 cm³/mol. The van der Waals surface area contributed by atoms with E-state index in [-0.39, 0.29) is 6.10 Å². The van der Waals surface area contributed by atoms with Gasteiger partial charge in [-0.25, -0.2) is 8.42 Å². The van der Waals surface area contributed by atoms with E-state index in [0.29, 0.717) is 23.2 Å². The number of aromatic nitrogens is 2. The van der Waals surface area contributed by atoms with Gasteiger partial charge in [0, 0.05) is 12.6 Å². The Morgan fingerprint density at radius 1 is 1.30 bits per heavy atom. The van der Waals surface area contributed by atoms with Gasteiger partial charge in [-0.15, -0.1) is 16.4 Å². The van der Waals surface area contributed by atoms with Gasteiger partial charge < -0.3 is 4.74 Å². The highest BCUT2D eigenvalue weighted by atomic mass is 79.9. The highest BCUT2D eigenvalue weighted by molar-refractivity contribution is 9.11. The van der Waals surface area contributed by atoms with E-state index in [1.807, 2.05) is 13.0 Å². The second kappa shape index (κ2) is 6.84. The molecule has 23 heavy (non-hydrogen) atoms. The van der Waals surface area contributed by atoms with Crippen molar-refractivity contribution in [1.29, 1.82) is 0 Å². The molecule has 9 heteroatoms. The molecule has 3 rings (SSSR count). The van der Waals surface area contributed by atoms with Gasteiger partial charge >= 0.3 is 0 Å². The summed E-state index contributed by atoms with van der Waals surface area (Å²) in [5.41, 5.74) is 0.813. The lowest BCUT2D eigenvalue weighted by molar-refractivity contribution is 0.123. The van der Waals surface area contributed by atoms with Crippen LogP contribution in [0, 0.1) is 6.92 Å². The largest absolute Gasteiger partial charge is 0.472 e. The van der Waals surface area contributed by atoms with Crippen LogP contribution in [0.2, 0.25) is 0 Å². The summed E-state index contributed by atoms with van der Waals surface area (Å²) in [6.07, 6.45) is 1.35. The SMILES string of the molecule is Cc1ccc(OC2CCCN(S(=O)(=O)c3ccc(Br)s3)C2)nn1. The molecule has 3 heterocycles. The third kappa shape index (κ3) is 3.90. The maximum Gasteiger partial charge on any atom is 0.252 e. The summed E-state index contributed by atoms with van der Waals surface area (Å²) in [7, 11) is -3.47. The molecule has 1 fully saturated rings. The molecule has 2 aromatic rings. The second-order valence-corrected chi connectivity index (χ2v) is 9.94. The number of nitrogens with zero attached hydrogens (tertiary/aromatic N) is 3. The first-order valence-corrected chi connectivity index (χ1v) is 10.2. The molecule has 0 aromatic carbocycles. The smallest absolute Gasteiger partial charge is 0.252 e. The van der Waals surface area contributed by atoms with E-state index < -0.39 is 10.0 Å². The molecule has 0 radical (unpaired) electrons. The number of hydrogen-bond donors (Lipinski definition) is 0. The number of hydrogen-bond acceptors (Lipinski definition) is 6. The number of piperidine rings is 1. The van der Waals surface area contributed by atoms with Gasteiger partial charge in [0.1, 0.15) is 10.3 Å². The second-order valence-electron chi connectivity index (χ2n) is 5.32. The van der Waals surface area contributed by atoms with Gasteiger partial charge in [0.25, 0.3) is 10.0 Å². The Morgan fingerprint density at radius 3 is 2.78 bits per heavy atom. The molecule has 2 aromatic heterocycles. The molecule has 6 nitrogen and oxygen atoms in total. The minimum absolute atomic E-state index is 0.209. The molecule has 0 bridgehead atoms. The summed E-state index contributed by atoms with van der Waals surface area (Å²) in [4.78, 5) is 0. The monoisotopic (exact) mass is 417 g/mol. The van der Waals surface area contributed by atoms with Gasteiger partial charge in [0.15, 0.2) is 0 Å². The van der Waals surface area contributed by atoms with Crippen molar-refractivity contribution in [2.24, 2.45) is 0 Å². The van der Waals surface area contributed by atoms with Gasteiger partial charge in [-0.2, -0.15) is 9.40 Å². The lowest BCUT2D eigenvalue weighted by atomic mass is 10.1. The zero-order chi connectivity index (χ0) is 16.4. The third-order valence-electron chi connectivity index (χ3n) is 3.54. The lowest BCUT2D eigenvalue weighted by Gasteiger charge is -2.31. The summed E-state index contributed by atoms with van der Waals surface area (Å²) >= 11 is 4.53. The average Bonchev–Trinajstić information content (AvgIpc) is 2.97. The van der Waals surface area contributed by atoms with Gasteiger partial charge in [-0.1, -0.05) is 0 Å². The molecule has 0 amide bonds. The zero-order valence-electron chi connectivity index (χ0n) is 12.5. The van der Waals surface area contributed by atoms with Crippen LogP contribution >= 0.6 is 27.3 Å². The molecule has 124 valence electrons. The maximum absolute atomic E-state index is 12.7. The number of thiophene rings is 1. The molecular weight excluding hydrogens is 402 g/mol. The van der Waals surface area contributed by atoms with Crippen molar-refractivity contribution in [2.75, 3.05) is 13.1 Å². The first-order chi connectivity index (χ1) is 10.9. The van der Waals surface area contributed by atoms with Crippen LogP contribution in [0.4, 0.5) is 0 Å². The van der Waals surface area contributed by atoms with Gasteiger partial charge in [0.05, 0.1) is 16.0 Å². The van der Waals surface area contributed by atoms with Crippen LogP contribution in [-0.2, 0) is 10.0 Å².